The summed E-state index contributed by atoms with van der Waals surface area (Å²) in [5.74, 6) is 7.79. The van der Waals surface area contributed by atoms with Crippen LogP contribution in [0, 0.1) is 18.8 Å². The van der Waals surface area contributed by atoms with Gasteiger partial charge in [0.1, 0.15) is 23.8 Å². The van der Waals surface area contributed by atoms with E-state index in [2.05, 4.69) is 16.8 Å². The van der Waals surface area contributed by atoms with E-state index in [1.165, 1.54) is 12.1 Å². The maximum Gasteiger partial charge on any atom is 0.416 e. The number of ether oxygens (including phenoxy) is 1. The normalized spacial score (nSPS) is 12.2. The average molecular weight is 450 g/mol. The topological polar surface area (TPSA) is 40.2 Å². The highest BCUT2D eigenvalue weighted by Crippen LogP contribution is 2.31. The lowest BCUT2D eigenvalue weighted by atomic mass is 10.1. The van der Waals surface area contributed by atoms with Gasteiger partial charge < -0.3 is 13.7 Å². The molecule has 0 amide bonds. The SMILES string of the molecule is Cc1oc(-c2ccc(C(F)(F)F)cc2)nc1COc1cccc(C#CC(C)n2cccc2)c1. The number of hydrogen-bond acceptors (Lipinski definition) is 3. The summed E-state index contributed by atoms with van der Waals surface area (Å²) in [6.45, 7) is 3.92. The molecule has 2 aromatic heterocycles. The number of rotatable bonds is 5. The maximum atomic E-state index is 12.8. The smallest absolute Gasteiger partial charge is 0.416 e. The van der Waals surface area contributed by atoms with Crippen molar-refractivity contribution in [3.05, 3.63) is 95.6 Å². The van der Waals surface area contributed by atoms with E-state index in [9.17, 15) is 13.2 Å². The lowest BCUT2D eigenvalue weighted by Gasteiger charge is -2.06. The third-order valence-electron chi connectivity index (χ3n) is 5.06. The first-order valence-corrected chi connectivity index (χ1v) is 10.3. The number of oxazole rings is 1. The molecule has 0 spiro atoms. The van der Waals surface area contributed by atoms with Crippen LogP contribution in [0.1, 0.15) is 35.5 Å². The lowest BCUT2D eigenvalue weighted by Crippen LogP contribution is -2.04. The summed E-state index contributed by atoms with van der Waals surface area (Å²) in [6, 6.07) is 16.1. The van der Waals surface area contributed by atoms with Crippen molar-refractivity contribution in [1.82, 2.24) is 9.55 Å². The lowest BCUT2D eigenvalue weighted by molar-refractivity contribution is -0.137. The third kappa shape index (κ3) is 5.47. The van der Waals surface area contributed by atoms with Crippen molar-refractivity contribution < 1.29 is 22.3 Å². The van der Waals surface area contributed by atoms with E-state index >= 15 is 0 Å². The third-order valence-corrected chi connectivity index (χ3v) is 5.06. The van der Waals surface area contributed by atoms with Crippen LogP contribution in [0.3, 0.4) is 0 Å². The molecule has 0 bridgehead atoms. The molecule has 1 unspecified atom stereocenters. The molecule has 168 valence electrons. The second-order valence-electron chi connectivity index (χ2n) is 7.49. The highest BCUT2D eigenvalue weighted by atomic mass is 19.4. The van der Waals surface area contributed by atoms with E-state index in [0.717, 1.165) is 17.7 Å². The molecule has 1 atom stereocenters. The Morgan fingerprint density at radius 1 is 1.06 bits per heavy atom. The van der Waals surface area contributed by atoms with E-state index < -0.39 is 11.7 Å². The number of benzene rings is 2. The average Bonchev–Trinajstić information content (AvgIpc) is 3.46. The van der Waals surface area contributed by atoms with Gasteiger partial charge in [0.2, 0.25) is 5.89 Å². The van der Waals surface area contributed by atoms with Gasteiger partial charge in [-0.25, -0.2) is 4.98 Å². The van der Waals surface area contributed by atoms with E-state index in [-0.39, 0.29) is 18.5 Å². The zero-order valence-electron chi connectivity index (χ0n) is 18.1. The van der Waals surface area contributed by atoms with Crippen molar-refractivity contribution in [2.24, 2.45) is 0 Å². The Kier molecular flexibility index (Phi) is 6.27. The first kappa shape index (κ1) is 22.3. The molecule has 4 rings (SSSR count). The Hall–Kier alpha value is -3.92. The van der Waals surface area contributed by atoms with Gasteiger partial charge in [-0.3, -0.25) is 0 Å². The number of hydrogen-bond donors (Lipinski definition) is 0. The highest BCUT2D eigenvalue weighted by Gasteiger charge is 2.30. The van der Waals surface area contributed by atoms with Crippen LogP contribution < -0.4 is 4.74 Å². The van der Waals surface area contributed by atoms with E-state index in [0.29, 0.717) is 22.8 Å². The largest absolute Gasteiger partial charge is 0.487 e. The second kappa shape index (κ2) is 9.29. The van der Waals surface area contributed by atoms with Crippen LogP contribution in [0.5, 0.6) is 5.75 Å². The van der Waals surface area contributed by atoms with Crippen LogP contribution in [0.15, 0.2) is 77.5 Å². The van der Waals surface area contributed by atoms with E-state index in [4.69, 9.17) is 9.15 Å². The maximum absolute atomic E-state index is 12.8. The summed E-state index contributed by atoms with van der Waals surface area (Å²) in [5.41, 5.74) is 1.15. The Morgan fingerprint density at radius 2 is 1.79 bits per heavy atom. The molecule has 0 saturated heterocycles. The Bertz CT molecular complexity index is 1280. The first-order valence-electron chi connectivity index (χ1n) is 10.3. The molecule has 4 nitrogen and oxygen atoms in total. The fourth-order valence-corrected chi connectivity index (χ4v) is 3.17. The van der Waals surface area contributed by atoms with E-state index in [1.54, 1.807) is 6.92 Å². The summed E-state index contributed by atoms with van der Waals surface area (Å²) in [6.07, 6.45) is -0.445. The van der Waals surface area contributed by atoms with E-state index in [1.807, 2.05) is 60.3 Å². The number of halogens is 3. The molecule has 0 N–H and O–H groups in total. The van der Waals surface area contributed by atoms with Crippen molar-refractivity contribution in [2.45, 2.75) is 32.7 Å². The Labute approximate surface area is 189 Å². The molecule has 0 fully saturated rings. The minimum Gasteiger partial charge on any atom is -0.487 e. The summed E-state index contributed by atoms with van der Waals surface area (Å²) >= 11 is 0. The molecular formula is C26H21F3N2O2. The molecule has 4 aromatic rings. The monoisotopic (exact) mass is 450 g/mol. The van der Waals surface area contributed by atoms with Gasteiger partial charge in [-0.15, -0.1) is 0 Å². The molecule has 33 heavy (non-hydrogen) atoms. The van der Waals surface area contributed by atoms with Crippen molar-refractivity contribution in [3.63, 3.8) is 0 Å². The zero-order valence-corrected chi connectivity index (χ0v) is 18.1. The summed E-state index contributed by atoms with van der Waals surface area (Å²) < 4.78 is 51.8. The van der Waals surface area contributed by atoms with Gasteiger partial charge >= 0.3 is 6.18 Å². The van der Waals surface area contributed by atoms with Crippen LogP contribution in [-0.2, 0) is 12.8 Å². The van der Waals surface area contributed by atoms with Crippen LogP contribution in [0.2, 0.25) is 0 Å². The number of nitrogens with zero attached hydrogens (tertiary/aromatic N) is 2. The molecule has 0 radical (unpaired) electrons. The quantitative estimate of drug-likeness (QED) is 0.319. The molecule has 0 aliphatic carbocycles. The van der Waals surface area contributed by atoms with Crippen molar-refractivity contribution in [2.75, 3.05) is 0 Å². The fourth-order valence-electron chi connectivity index (χ4n) is 3.17. The second-order valence-corrected chi connectivity index (χ2v) is 7.49. The van der Waals surface area contributed by atoms with Gasteiger partial charge in [-0.2, -0.15) is 13.2 Å². The molecule has 2 heterocycles. The Balaban J connectivity index is 1.43. The number of aryl methyl sites for hydroxylation is 1. The molecule has 2 aromatic carbocycles. The predicted octanol–water partition coefficient (Wildman–Crippen LogP) is 6.66. The van der Waals surface area contributed by atoms with Crippen molar-refractivity contribution >= 4 is 0 Å². The van der Waals surface area contributed by atoms with Crippen molar-refractivity contribution in [3.8, 4) is 29.0 Å². The number of aromatic nitrogens is 2. The summed E-state index contributed by atoms with van der Waals surface area (Å²) in [5, 5.41) is 0. The van der Waals surface area contributed by atoms with Gasteiger partial charge in [0.15, 0.2) is 0 Å². The fraction of sp³-hybridized carbons (Fsp3) is 0.192. The highest BCUT2D eigenvalue weighted by molar-refractivity contribution is 5.54. The molecular weight excluding hydrogens is 429 g/mol. The predicted molar refractivity (Wildman–Crippen MR) is 118 cm³/mol. The number of alkyl halides is 3. The van der Waals surface area contributed by atoms with Crippen LogP contribution in [0.4, 0.5) is 13.2 Å². The summed E-state index contributed by atoms with van der Waals surface area (Å²) in [4.78, 5) is 4.39. The first-order chi connectivity index (χ1) is 15.8. The van der Waals surface area contributed by atoms with Gasteiger partial charge in [0.25, 0.3) is 0 Å². The Morgan fingerprint density at radius 3 is 2.48 bits per heavy atom. The minimum absolute atomic E-state index is 0.0472. The van der Waals surface area contributed by atoms with Crippen molar-refractivity contribution in [1.29, 1.82) is 0 Å². The minimum atomic E-state index is -4.39. The molecule has 0 aliphatic heterocycles. The van der Waals surface area contributed by atoms with Gasteiger partial charge in [0, 0.05) is 23.5 Å². The van der Waals surface area contributed by atoms with Crippen LogP contribution in [-0.4, -0.2) is 9.55 Å². The summed E-state index contributed by atoms with van der Waals surface area (Å²) in [7, 11) is 0. The standard InChI is InChI=1S/C26H21F3N2O2/c1-18(31-14-3-4-15-31)8-9-20-6-5-7-23(16-20)32-17-24-19(2)33-25(30-24)21-10-12-22(13-11-21)26(27,28)29/h3-7,10-16,18H,17H2,1-2H3. The molecule has 0 saturated carbocycles. The molecule has 7 heteroatoms. The molecule has 0 aliphatic rings. The van der Waals surface area contributed by atoms with Gasteiger partial charge in [-0.05, 0) is 68.4 Å². The van der Waals surface area contributed by atoms with Crippen LogP contribution in [0.25, 0.3) is 11.5 Å². The van der Waals surface area contributed by atoms with Gasteiger partial charge in [-0.1, -0.05) is 17.9 Å². The van der Waals surface area contributed by atoms with Gasteiger partial charge in [0.05, 0.1) is 11.6 Å². The van der Waals surface area contributed by atoms with Crippen LogP contribution >= 0.6 is 0 Å². The zero-order chi connectivity index (χ0) is 23.4.